The van der Waals surface area contributed by atoms with Crippen LogP contribution in [0.25, 0.3) is 0 Å². The Morgan fingerprint density at radius 1 is 1.61 bits per heavy atom. The Morgan fingerprint density at radius 3 is 3.00 bits per heavy atom. The van der Waals surface area contributed by atoms with Gasteiger partial charge in [-0.3, -0.25) is 0 Å². The van der Waals surface area contributed by atoms with E-state index in [2.05, 4.69) is 12.3 Å². The fourth-order valence-corrected chi connectivity index (χ4v) is 2.60. The molecule has 0 bridgehead atoms. The smallest absolute Gasteiger partial charge is 0.0739 e. The molecule has 0 spiro atoms. The second kappa shape index (κ2) is 7.48. The van der Waals surface area contributed by atoms with E-state index >= 15 is 0 Å². The van der Waals surface area contributed by atoms with E-state index in [9.17, 15) is 5.11 Å². The van der Waals surface area contributed by atoms with Crippen LogP contribution in [0.15, 0.2) is 16.5 Å². The van der Waals surface area contributed by atoms with Crippen LogP contribution in [0.1, 0.15) is 25.0 Å². The molecule has 3 radical (unpaired) electrons. The van der Waals surface area contributed by atoms with Crippen LogP contribution in [0.3, 0.4) is 0 Å². The summed E-state index contributed by atoms with van der Waals surface area (Å²) in [6.45, 7) is 0. The van der Waals surface area contributed by atoms with Crippen molar-refractivity contribution in [3.8, 4) is 6.07 Å². The monoisotopic (exact) mass is 317 g/mol. The molecule has 1 saturated carbocycles. The molecule has 0 aromatic carbocycles. The zero-order valence-corrected chi connectivity index (χ0v) is 13.1. The summed E-state index contributed by atoms with van der Waals surface area (Å²) in [6, 6.07) is 5.89. The van der Waals surface area contributed by atoms with Crippen molar-refractivity contribution in [2.75, 3.05) is 0 Å². The first-order valence-corrected chi connectivity index (χ1v) is 6.00. The molecule has 1 aliphatic carbocycles. The van der Waals surface area contributed by atoms with Crippen LogP contribution >= 0.6 is 0 Å². The molecule has 3 nitrogen and oxygen atoms in total. The molecule has 0 saturated heterocycles. The number of hydrogen-bond acceptors (Lipinski definition) is 3. The Balaban J connectivity index is 0.00000162. The SMILES string of the molecule is [B]C1C(O)CC(C#N)C1CCCc1cc[c-]o1.[Y]. The van der Waals surface area contributed by atoms with Crippen LogP contribution in [0.5, 0.6) is 0 Å². The van der Waals surface area contributed by atoms with Crippen molar-refractivity contribution in [1.29, 1.82) is 5.26 Å². The molecule has 1 aliphatic rings. The maximum atomic E-state index is 9.65. The number of nitrogens with zero attached hydrogens (tertiary/aromatic N) is 1. The van der Waals surface area contributed by atoms with Gasteiger partial charge in [-0.25, -0.2) is 0 Å². The van der Waals surface area contributed by atoms with Crippen molar-refractivity contribution in [2.45, 2.75) is 37.6 Å². The number of nitriles is 1. The first-order chi connectivity index (χ1) is 8.22. The summed E-state index contributed by atoms with van der Waals surface area (Å²) in [5, 5.41) is 18.7. The van der Waals surface area contributed by atoms with E-state index in [0.29, 0.717) is 6.42 Å². The molecule has 91 valence electrons. The van der Waals surface area contributed by atoms with Gasteiger partial charge < -0.3 is 9.52 Å². The van der Waals surface area contributed by atoms with Gasteiger partial charge in [0.05, 0.1) is 25.9 Å². The molecule has 1 N–H and O–H groups in total. The van der Waals surface area contributed by atoms with E-state index in [-0.39, 0.29) is 50.4 Å². The molecule has 1 aromatic heterocycles. The Kier molecular flexibility index (Phi) is 6.63. The topological polar surface area (TPSA) is 57.2 Å². The molecular formula is C13H15BNO2Y-. The molecule has 1 fully saturated rings. The average molecular weight is 317 g/mol. The summed E-state index contributed by atoms with van der Waals surface area (Å²) >= 11 is 0. The van der Waals surface area contributed by atoms with Crippen molar-refractivity contribution in [3.05, 3.63) is 24.2 Å². The zero-order valence-electron chi connectivity index (χ0n) is 10.2. The average Bonchev–Trinajstić information content (AvgIpc) is 2.92. The van der Waals surface area contributed by atoms with Crippen LogP contribution in [0.2, 0.25) is 5.82 Å². The maximum absolute atomic E-state index is 9.65. The minimum absolute atomic E-state index is 0. The Labute approximate surface area is 134 Å². The van der Waals surface area contributed by atoms with E-state index < -0.39 is 6.10 Å². The molecule has 1 heterocycles. The quantitative estimate of drug-likeness (QED) is 0.681. The molecule has 2 rings (SSSR count). The second-order valence-corrected chi connectivity index (χ2v) is 4.69. The third-order valence-electron chi connectivity index (χ3n) is 3.60. The van der Waals surface area contributed by atoms with Gasteiger partial charge in [0.2, 0.25) is 0 Å². The zero-order chi connectivity index (χ0) is 12.3. The third kappa shape index (κ3) is 3.70. The van der Waals surface area contributed by atoms with E-state index in [1.54, 1.807) is 6.07 Å². The fraction of sp³-hybridized carbons (Fsp3) is 0.615. The van der Waals surface area contributed by atoms with Gasteiger partial charge >= 0.3 is 0 Å². The minimum Gasteiger partial charge on any atom is -0.596 e. The minimum atomic E-state index is -0.526. The first-order valence-electron chi connectivity index (χ1n) is 6.00. The Bertz CT molecular complexity index is 390. The molecular weight excluding hydrogens is 302 g/mol. The van der Waals surface area contributed by atoms with Crippen molar-refractivity contribution in [1.82, 2.24) is 0 Å². The van der Waals surface area contributed by atoms with Crippen molar-refractivity contribution in [3.63, 3.8) is 0 Å². The summed E-state index contributed by atoms with van der Waals surface area (Å²) in [5.41, 5.74) is 0. The normalized spacial score (nSPS) is 30.7. The Morgan fingerprint density at radius 2 is 2.39 bits per heavy atom. The predicted octanol–water partition coefficient (Wildman–Crippen LogP) is 1.88. The molecule has 18 heavy (non-hydrogen) atoms. The Hall–Kier alpha value is -0.101. The van der Waals surface area contributed by atoms with Crippen molar-refractivity contribution in [2.24, 2.45) is 11.8 Å². The van der Waals surface area contributed by atoms with Gasteiger partial charge in [-0.05, 0) is 24.4 Å². The summed E-state index contributed by atoms with van der Waals surface area (Å²) in [5.74, 6) is 0.644. The van der Waals surface area contributed by atoms with Crippen LogP contribution in [-0.4, -0.2) is 19.1 Å². The van der Waals surface area contributed by atoms with Gasteiger partial charge in [-0.2, -0.15) is 11.3 Å². The molecule has 4 atom stereocenters. The van der Waals surface area contributed by atoms with Gasteiger partial charge in [-0.15, -0.1) is 6.07 Å². The van der Waals surface area contributed by atoms with Crippen LogP contribution < -0.4 is 0 Å². The number of rotatable bonds is 4. The fourth-order valence-electron chi connectivity index (χ4n) is 2.60. The number of aryl methyl sites for hydroxylation is 1. The van der Waals surface area contributed by atoms with E-state index in [1.165, 1.54) is 0 Å². The van der Waals surface area contributed by atoms with Gasteiger partial charge in [0.1, 0.15) is 0 Å². The van der Waals surface area contributed by atoms with Crippen LogP contribution in [-0.2, 0) is 39.1 Å². The van der Waals surface area contributed by atoms with E-state index in [4.69, 9.17) is 17.5 Å². The van der Waals surface area contributed by atoms with Crippen molar-refractivity contribution < 1.29 is 42.2 Å². The first kappa shape index (κ1) is 16.0. The number of furan rings is 1. The van der Waals surface area contributed by atoms with Gasteiger partial charge in [0.25, 0.3) is 0 Å². The molecule has 1 aromatic rings. The van der Waals surface area contributed by atoms with Gasteiger partial charge in [0.15, 0.2) is 0 Å². The largest absolute Gasteiger partial charge is 0.596 e. The summed E-state index contributed by atoms with van der Waals surface area (Å²) < 4.78 is 5.13. The van der Waals surface area contributed by atoms with Crippen molar-refractivity contribution >= 4 is 7.85 Å². The molecule has 0 amide bonds. The molecule has 4 unspecified atom stereocenters. The summed E-state index contributed by atoms with van der Waals surface area (Å²) in [7, 11) is 5.92. The molecule has 0 aliphatic heterocycles. The number of aliphatic hydroxyl groups is 1. The van der Waals surface area contributed by atoms with Gasteiger partial charge in [0, 0.05) is 32.7 Å². The molecule has 5 heteroatoms. The van der Waals surface area contributed by atoms with Crippen LogP contribution in [0.4, 0.5) is 0 Å². The van der Waals surface area contributed by atoms with Crippen LogP contribution in [0, 0.1) is 29.4 Å². The standard InChI is InChI=1S/C13H15BNO2.Y/c14-13-11(9(8-15)7-12(13)16)5-1-3-10-4-2-6-17-10;/h2,4,9,11-13,16H,1,3,5,7H2;/q-1;. The number of hydrogen-bond donors (Lipinski definition) is 1. The maximum Gasteiger partial charge on any atom is 0.0739 e. The third-order valence-corrected chi connectivity index (χ3v) is 3.60. The number of aliphatic hydroxyl groups excluding tert-OH is 1. The summed E-state index contributed by atoms with van der Waals surface area (Å²) in [4.78, 5) is 0. The predicted molar refractivity (Wildman–Crippen MR) is 63.2 cm³/mol. The van der Waals surface area contributed by atoms with Gasteiger partial charge in [-0.1, -0.05) is 25.0 Å². The van der Waals surface area contributed by atoms with E-state index in [1.807, 2.05) is 6.07 Å². The second-order valence-electron chi connectivity index (χ2n) is 4.69. The van der Waals surface area contributed by atoms with E-state index in [0.717, 1.165) is 25.0 Å². The summed E-state index contributed by atoms with van der Waals surface area (Å²) in [6.07, 6.45) is 5.25.